The first-order valence-electron chi connectivity index (χ1n) is 6.73. The minimum Gasteiger partial charge on any atom is -0.495 e. The molecule has 1 aliphatic heterocycles. The lowest BCUT2D eigenvalue weighted by molar-refractivity contribution is 0.170. The molecule has 2 aromatic carbocycles. The predicted molar refractivity (Wildman–Crippen MR) is 85.5 cm³/mol. The molecule has 110 valence electrons. The lowest BCUT2D eigenvalue weighted by Crippen LogP contribution is -2.17. The van der Waals surface area contributed by atoms with E-state index in [0.29, 0.717) is 19.8 Å². The molecule has 0 aliphatic carbocycles. The van der Waals surface area contributed by atoms with Gasteiger partial charge in [0, 0.05) is 23.9 Å². The number of hydrogen-bond acceptors (Lipinski definition) is 4. The molecule has 5 heteroatoms. The smallest absolute Gasteiger partial charge is 0.166 e. The second kappa shape index (κ2) is 6.26. The highest BCUT2D eigenvalue weighted by atomic mass is 79.9. The van der Waals surface area contributed by atoms with Crippen molar-refractivity contribution in [2.45, 2.75) is 6.54 Å². The van der Waals surface area contributed by atoms with Gasteiger partial charge in [-0.1, -0.05) is 12.1 Å². The third kappa shape index (κ3) is 3.08. The first kappa shape index (κ1) is 14.1. The van der Waals surface area contributed by atoms with Crippen LogP contribution in [0.25, 0.3) is 0 Å². The summed E-state index contributed by atoms with van der Waals surface area (Å²) in [6, 6.07) is 11.9. The molecule has 0 spiro atoms. The van der Waals surface area contributed by atoms with Crippen LogP contribution in [-0.4, -0.2) is 20.3 Å². The third-order valence-electron chi connectivity index (χ3n) is 3.28. The maximum Gasteiger partial charge on any atom is 0.166 e. The lowest BCUT2D eigenvalue weighted by Gasteiger charge is -2.21. The Morgan fingerprint density at radius 3 is 2.90 bits per heavy atom. The van der Waals surface area contributed by atoms with E-state index in [4.69, 9.17) is 14.2 Å². The lowest BCUT2D eigenvalue weighted by atomic mass is 10.1. The molecule has 0 radical (unpaired) electrons. The Morgan fingerprint density at radius 1 is 1.19 bits per heavy atom. The molecule has 1 aliphatic rings. The maximum absolute atomic E-state index is 5.71. The average molecular weight is 350 g/mol. The summed E-state index contributed by atoms with van der Waals surface area (Å²) < 4.78 is 17.5. The van der Waals surface area contributed by atoms with E-state index in [1.807, 2.05) is 36.4 Å². The summed E-state index contributed by atoms with van der Waals surface area (Å²) in [6.07, 6.45) is 0. The number of anilines is 1. The summed E-state index contributed by atoms with van der Waals surface area (Å²) in [5.74, 6) is 2.45. The van der Waals surface area contributed by atoms with Crippen molar-refractivity contribution in [3.8, 4) is 17.2 Å². The first-order valence-corrected chi connectivity index (χ1v) is 7.52. The fourth-order valence-electron chi connectivity index (χ4n) is 2.24. The van der Waals surface area contributed by atoms with Gasteiger partial charge in [-0.15, -0.1) is 0 Å². The Kier molecular flexibility index (Phi) is 4.20. The molecule has 0 atom stereocenters. The summed E-state index contributed by atoms with van der Waals surface area (Å²) in [4.78, 5) is 0. The van der Waals surface area contributed by atoms with Crippen LogP contribution in [0.3, 0.4) is 0 Å². The van der Waals surface area contributed by atoms with Gasteiger partial charge in [-0.25, -0.2) is 0 Å². The number of benzene rings is 2. The Bertz CT molecular complexity index is 645. The summed E-state index contributed by atoms with van der Waals surface area (Å²) >= 11 is 3.45. The van der Waals surface area contributed by atoms with Crippen LogP contribution >= 0.6 is 15.9 Å². The molecule has 0 aromatic heterocycles. The number of rotatable bonds is 4. The Morgan fingerprint density at radius 2 is 2.05 bits per heavy atom. The van der Waals surface area contributed by atoms with Crippen molar-refractivity contribution in [3.05, 3.63) is 46.4 Å². The van der Waals surface area contributed by atoms with Crippen LogP contribution in [0.4, 0.5) is 5.69 Å². The fourth-order valence-corrected chi connectivity index (χ4v) is 2.65. The Labute approximate surface area is 132 Å². The predicted octanol–water partition coefficient (Wildman–Crippen LogP) is 3.84. The van der Waals surface area contributed by atoms with E-state index in [1.165, 1.54) is 0 Å². The second-order valence-corrected chi connectivity index (χ2v) is 5.50. The molecule has 0 fully saturated rings. The van der Waals surface area contributed by atoms with E-state index in [-0.39, 0.29) is 0 Å². The van der Waals surface area contributed by atoms with Crippen molar-refractivity contribution < 1.29 is 14.2 Å². The minimum absolute atomic E-state index is 0.593. The number of nitrogens with one attached hydrogen (secondary N) is 1. The van der Waals surface area contributed by atoms with Crippen LogP contribution in [0.5, 0.6) is 17.2 Å². The van der Waals surface area contributed by atoms with Crippen LogP contribution in [0, 0.1) is 0 Å². The van der Waals surface area contributed by atoms with Crippen LogP contribution in [-0.2, 0) is 6.54 Å². The van der Waals surface area contributed by atoms with Gasteiger partial charge in [0.1, 0.15) is 19.0 Å². The van der Waals surface area contributed by atoms with Crippen molar-refractivity contribution >= 4 is 21.6 Å². The van der Waals surface area contributed by atoms with Gasteiger partial charge in [0.2, 0.25) is 0 Å². The summed E-state index contributed by atoms with van der Waals surface area (Å²) in [6.45, 7) is 1.86. The monoisotopic (exact) mass is 349 g/mol. The second-order valence-electron chi connectivity index (χ2n) is 4.64. The van der Waals surface area contributed by atoms with E-state index in [1.54, 1.807) is 7.11 Å². The normalized spacial score (nSPS) is 12.9. The number of para-hydroxylation sites is 1. The number of ether oxygens (including phenoxy) is 3. The van der Waals surface area contributed by atoms with E-state index in [0.717, 1.165) is 33.0 Å². The van der Waals surface area contributed by atoms with Crippen molar-refractivity contribution in [1.29, 1.82) is 0 Å². The number of halogens is 1. The van der Waals surface area contributed by atoms with E-state index in [9.17, 15) is 0 Å². The summed E-state index contributed by atoms with van der Waals surface area (Å²) in [5, 5.41) is 3.38. The maximum atomic E-state index is 5.71. The van der Waals surface area contributed by atoms with Crippen molar-refractivity contribution in [1.82, 2.24) is 0 Å². The van der Waals surface area contributed by atoms with Gasteiger partial charge in [0.05, 0.1) is 11.6 Å². The molecule has 0 amide bonds. The van der Waals surface area contributed by atoms with Gasteiger partial charge in [0.15, 0.2) is 11.5 Å². The van der Waals surface area contributed by atoms with Gasteiger partial charge in [0.25, 0.3) is 0 Å². The molecule has 3 rings (SSSR count). The summed E-state index contributed by atoms with van der Waals surface area (Å²) in [5.41, 5.74) is 2.07. The largest absolute Gasteiger partial charge is 0.495 e. The number of methoxy groups -OCH3 is 1. The first-order chi connectivity index (χ1) is 10.3. The SMILES string of the molecule is COc1cc(NCc2cccc3c2OCCO3)ccc1Br. The zero-order valence-electron chi connectivity index (χ0n) is 11.7. The van der Waals surface area contributed by atoms with Gasteiger partial charge >= 0.3 is 0 Å². The molecular weight excluding hydrogens is 334 g/mol. The molecule has 2 aromatic rings. The summed E-state index contributed by atoms with van der Waals surface area (Å²) in [7, 11) is 1.66. The zero-order chi connectivity index (χ0) is 14.7. The third-order valence-corrected chi connectivity index (χ3v) is 3.94. The zero-order valence-corrected chi connectivity index (χ0v) is 13.3. The highest BCUT2D eigenvalue weighted by Crippen LogP contribution is 2.34. The van der Waals surface area contributed by atoms with Crippen LogP contribution in [0.1, 0.15) is 5.56 Å². The van der Waals surface area contributed by atoms with Crippen molar-refractivity contribution in [2.24, 2.45) is 0 Å². The molecule has 4 nitrogen and oxygen atoms in total. The van der Waals surface area contributed by atoms with Crippen LogP contribution in [0.2, 0.25) is 0 Å². The fraction of sp³-hybridized carbons (Fsp3) is 0.250. The number of fused-ring (bicyclic) bond motifs is 1. The van der Waals surface area contributed by atoms with Gasteiger partial charge in [-0.2, -0.15) is 0 Å². The van der Waals surface area contributed by atoms with Crippen molar-refractivity contribution in [2.75, 3.05) is 25.6 Å². The molecular formula is C16H16BrNO3. The Balaban J connectivity index is 1.76. The molecule has 0 bridgehead atoms. The molecule has 0 saturated carbocycles. The Hall–Kier alpha value is -1.88. The molecule has 1 heterocycles. The van der Waals surface area contributed by atoms with Gasteiger partial charge in [-0.3, -0.25) is 0 Å². The highest BCUT2D eigenvalue weighted by Gasteiger charge is 2.15. The van der Waals surface area contributed by atoms with Gasteiger partial charge in [-0.05, 0) is 34.1 Å². The van der Waals surface area contributed by atoms with E-state index >= 15 is 0 Å². The molecule has 21 heavy (non-hydrogen) atoms. The topological polar surface area (TPSA) is 39.7 Å². The standard InChI is InChI=1S/C16H16BrNO3/c1-19-15-9-12(5-6-13(15)17)18-10-11-3-2-4-14-16(11)21-8-7-20-14/h2-6,9,18H,7-8,10H2,1H3. The highest BCUT2D eigenvalue weighted by molar-refractivity contribution is 9.10. The molecule has 1 N–H and O–H groups in total. The van der Waals surface area contributed by atoms with E-state index in [2.05, 4.69) is 21.2 Å². The van der Waals surface area contributed by atoms with Gasteiger partial charge < -0.3 is 19.5 Å². The molecule has 0 unspecified atom stereocenters. The number of hydrogen-bond donors (Lipinski definition) is 1. The molecule has 0 saturated heterocycles. The van der Waals surface area contributed by atoms with Crippen molar-refractivity contribution in [3.63, 3.8) is 0 Å². The quantitative estimate of drug-likeness (QED) is 0.910. The van der Waals surface area contributed by atoms with Crippen LogP contribution in [0.15, 0.2) is 40.9 Å². The van der Waals surface area contributed by atoms with E-state index < -0.39 is 0 Å². The minimum atomic E-state index is 0.593. The van der Waals surface area contributed by atoms with Crippen LogP contribution < -0.4 is 19.5 Å². The average Bonchev–Trinajstić information content (AvgIpc) is 2.54.